The molecule has 0 radical (unpaired) electrons. The standard InChI is InChI=1S/C21H21N3O4/c1-27-16-7-4-6-15(12-16)24-20(25)14-22-19-10-3-2-9-18(19)21(26)23-13-17-8-5-11-28-17/h2-12,22H,13-14H2,1H3,(H,23,26)(H,24,25). The summed E-state index contributed by atoms with van der Waals surface area (Å²) in [7, 11) is 1.57. The Balaban J connectivity index is 1.58. The van der Waals surface area contributed by atoms with Gasteiger partial charge in [-0.05, 0) is 36.4 Å². The van der Waals surface area contributed by atoms with Crippen molar-refractivity contribution in [2.75, 3.05) is 24.3 Å². The van der Waals surface area contributed by atoms with Gasteiger partial charge < -0.3 is 25.1 Å². The van der Waals surface area contributed by atoms with Crippen molar-refractivity contribution in [1.82, 2.24) is 5.32 Å². The van der Waals surface area contributed by atoms with E-state index in [0.717, 1.165) is 0 Å². The van der Waals surface area contributed by atoms with Gasteiger partial charge in [0.1, 0.15) is 11.5 Å². The topological polar surface area (TPSA) is 92.6 Å². The normalized spacial score (nSPS) is 10.2. The highest BCUT2D eigenvalue weighted by atomic mass is 16.5. The Hall–Kier alpha value is -3.74. The Kier molecular flexibility index (Phi) is 6.30. The van der Waals surface area contributed by atoms with Crippen molar-refractivity contribution in [2.45, 2.75) is 6.54 Å². The van der Waals surface area contributed by atoms with E-state index in [-0.39, 0.29) is 24.9 Å². The van der Waals surface area contributed by atoms with Crippen molar-refractivity contribution in [3.63, 3.8) is 0 Å². The molecule has 1 heterocycles. The van der Waals surface area contributed by atoms with Gasteiger partial charge in [-0.3, -0.25) is 9.59 Å². The van der Waals surface area contributed by atoms with Crippen LogP contribution in [-0.4, -0.2) is 25.5 Å². The van der Waals surface area contributed by atoms with Crippen molar-refractivity contribution >= 4 is 23.2 Å². The summed E-state index contributed by atoms with van der Waals surface area (Å²) in [5.41, 5.74) is 1.65. The van der Waals surface area contributed by atoms with E-state index in [1.165, 1.54) is 0 Å². The Morgan fingerprint density at radius 2 is 1.89 bits per heavy atom. The van der Waals surface area contributed by atoms with Crippen LogP contribution in [0.5, 0.6) is 5.75 Å². The van der Waals surface area contributed by atoms with Gasteiger partial charge in [0.15, 0.2) is 0 Å². The highest BCUT2D eigenvalue weighted by Crippen LogP contribution is 2.17. The van der Waals surface area contributed by atoms with Crippen LogP contribution >= 0.6 is 0 Å². The predicted octanol–water partition coefficient (Wildman–Crippen LogP) is 3.27. The minimum absolute atomic E-state index is 0.0136. The third-order valence-corrected chi connectivity index (χ3v) is 3.97. The predicted molar refractivity (Wildman–Crippen MR) is 106 cm³/mol. The van der Waals surface area contributed by atoms with Gasteiger partial charge >= 0.3 is 0 Å². The first-order valence-electron chi connectivity index (χ1n) is 8.73. The average molecular weight is 379 g/mol. The second kappa shape index (κ2) is 9.27. The second-order valence-electron chi connectivity index (χ2n) is 5.94. The molecule has 0 unspecified atom stereocenters. The molecule has 0 fully saturated rings. The second-order valence-corrected chi connectivity index (χ2v) is 5.94. The summed E-state index contributed by atoms with van der Waals surface area (Å²) in [4.78, 5) is 24.7. The molecule has 144 valence electrons. The molecule has 2 aromatic carbocycles. The molecule has 2 amide bonds. The summed E-state index contributed by atoms with van der Waals surface area (Å²) in [6.07, 6.45) is 1.55. The van der Waals surface area contributed by atoms with Crippen LogP contribution in [0.2, 0.25) is 0 Å². The van der Waals surface area contributed by atoms with Gasteiger partial charge in [0.05, 0.1) is 32.0 Å². The summed E-state index contributed by atoms with van der Waals surface area (Å²) in [5, 5.41) is 8.59. The maximum atomic E-state index is 12.5. The lowest BCUT2D eigenvalue weighted by molar-refractivity contribution is -0.114. The molecule has 0 aliphatic heterocycles. The fourth-order valence-corrected chi connectivity index (χ4v) is 2.59. The van der Waals surface area contributed by atoms with Gasteiger partial charge in [0, 0.05) is 17.4 Å². The highest BCUT2D eigenvalue weighted by molar-refractivity contribution is 6.00. The molecule has 1 aromatic heterocycles. The summed E-state index contributed by atoms with van der Waals surface area (Å²) >= 11 is 0. The van der Waals surface area contributed by atoms with Gasteiger partial charge in [-0.25, -0.2) is 0 Å². The molecule has 0 atom stereocenters. The van der Waals surface area contributed by atoms with Crippen LogP contribution in [0.1, 0.15) is 16.1 Å². The number of carbonyl (C=O) groups excluding carboxylic acids is 2. The third-order valence-electron chi connectivity index (χ3n) is 3.97. The first-order valence-corrected chi connectivity index (χ1v) is 8.73. The van der Waals surface area contributed by atoms with Crippen LogP contribution in [0.3, 0.4) is 0 Å². The van der Waals surface area contributed by atoms with Crippen molar-refractivity contribution < 1.29 is 18.7 Å². The van der Waals surface area contributed by atoms with Gasteiger partial charge in [-0.1, -0.05) is 18.2 Å². The number of furan rings is 1. The molecule has 0 aliphatic carbocycles. The molecule has 0 spiro atoms. The smallest absolute Gasteiger partial charge is 0.253 e. The van der Waals surface area contributed by atoms with E-state index in [9.17, 15) is 9.59 Å². The number of anilines is 2. The highest BCUT2D eigenvalue weighted by Gasteiger charge is 2.12. The number of methoxy groups -OCH3 is 1. The Labute approximate surface area is 162 Å². The maximum absolute atomic E-state index is 12.5. The lowest BCUT2D eigenvalue weighted by atomic mass is 10.1. The number of hydrogen-bond donors (Lipinski definition) is 3. The van der Waals surface area contributed by atoms with Crippen molar-refractivity contribution in [1.29, 1.82) is 0 Å². The zero-order valence-electron chi connectivity index (χ0n) is 15.4. The Bertz CT molecular complexity index is 938. The quantitative estimate of drug-likeness (QED) is 0.559. The zero-order valence-corrected chi connectivity index (χ0v) is 15.4. The fourth-order valence-electron chi connectivity index (χ4n) is 2.59. The van der Waals surface area contributed by atoms with E-state index in [0.29, 0.717) is 28.4 Å². The number of benzene rings is 2. The van der Waals surface area contributed by atoms with E-state index in [1.54, 1.807) is 74.0 Å². The molecular formula is C21H21N3O4. The first kappa shape index (κ1) is 19.0. The number of para-hydroxylation sites is 1. The number of carbonyl (C=O) groups is 2. The molecule has 3 N–H and O–H groups in total. The van der Waals surface area contributed by atoms with Crippen LogP contribution in [0, 0.1) is 0 Å². The zero-order chi connectivity index (χ0) is 19.8. The molecule has 0 saturated carbocycles. The average Bonchev–Trinajstić information content (AvgIpc) is 3.24. The van der Waals surface area contributed by atoms with Crippen molar-refractivity contribution in [3.8, 4) is 5.75 Å². The molecule has 7 nitrogen and oxygen atoms in total. The number of amides is 2. The van der Waals surface area contributed by atoms with E-state index in [1.807, 2.05) is 0 Å². The first-order chi connectivity index (χ1) is 13.7. The van der Waals surface area contributed by atoms with E-state index >= 15 is 0 Å². The lowest BCUT2D eigenvalue weighted by Crippen LogP contribution is -2.26. The summed E-state index contributed by atoms with van der Waals surface area (Å²) < 4.78 is 10.3. The number of hydrogen-bond acceptors (Lipinski definition) is 5. The molecule has 7 heteroatoms. The van der Waals surface area contributed by atoms with Crippen molar-refractivity contribution in [3.05, 3.63) is 78.3 Å². The largest absolute Gasteiger partial charge is 0.497 e. The third kappa shape index (κ3) is 5.14. The summed E-state index contributed by atoms with van der Waals surface area (Å²) in [5.74, 6) is 0.826. The maximum Gasteiger partial charge on any atom is 0.253 e. The number of ether oxygens (including phenoxy) is 1. The van der Waals surface area contributed by atoms with Crippen LogP contribution < -0.4 is 20.7 Å². The number of rotatable bonds is 8. The molecule has 3 rings (SSSR count). The SMILES string of the molecule is COc1cccc(NC(=O)CNc2ccccc2C(=O)NCc2ccco2)c1. The van der Waals surface area contributed by atoms with Crippen LogP contribution in [0.25, 0.3) is 0 Å². The van der Waals surface area contributed by atoms with Gasteiger partial charge in [-0.2, -0.15) is 0 Å². The van der Waals surface area contributed by atoms with Gasteiger partial charge in [-0.15, -0.1) is 0 Å². The molecule has 3 aromatic rings. The van der Waals surface area contributed by atoms with Crippen LogP contribution in [-0.2, 0) is 11.3 Å². The Morgan fingerprint density at radius 3 is 2.68 bits per heavy atom. The molecule has 28 heavy (non-hydrogen) atoms. The Morgan fingerprint density at radius 1 is 1.04 bits per heavy atom. The molecule has 0 bridgehead atoms. The van der Waals surface area contributed by atoms with E-state index in [2.05, 4.69) is 16.0 Å². The minimum atomic E-state index is -0.257. The molecule has 0 aliphatic rings. The monoisotopic (exact) mass is 379 g/mol. The van der Waals surface area contributed by atoms with E-state index < -0.39 is 0 Å². The summed E-state index contributed by atoms with van der Waals surface area (Å²) in [6, 6.07) is 17.6. The molecular weight excluding hydrogens is 358 g/mol. The van der Waals surface area contributed by atoms with Gasteiger partial charge in [0.25, 0.3) is 5.91 Å². The fraction of sp³-hybridized carbons (Fsp3) is 0.143. The summed E-state index contributed by atoms with van der Waals surface area (Å²) in [6.45, 7) is 0.302. The van der Waals surface area contributed by atoms with E-state index in [4.69, 9.17) is 9.15 Å². The van der Waals surface area contributed by atoms with Crippen LogP contribution in [0.4, 0.5) is 11.4 Å². The molecule has 0 saturated heterocycles. The lowest BCUT2D eigenvalue weighted by Gasteiger charge is -2.12. The van der Waals surface area contributed by atoms with Crippen molar-refractivity contribution in [2.24, 2.45) is 0 Å². The number of nitrogens with one attached hydrogen (secondary N) is 3. The minimum Gasteiger partial charge on any atom is -0.497 e. The van der Waals surface area contributed by atoms with Gasteiger partial charge in [0.2, 0.25) is 5.91 Å². The van der Waals surface area contributed by atoms with Crippen LogP contribution in [0.15, 0.2) is 71.3 Å².